The molecule has 5 rings (SSSR count). The fourth-order valence-electron chi connectivity index (χ4n) is 4.48. The number of benzene rings is 5. The summed E-state index contributed by atoms with van der Waals surface area (Å²) in [4.78, 5) is 12.6. The number of hydrazone groups is 1. The summed E-state index contributed by atoms with van der Waals surface area (Å²) in [6, 6.07) is 30.7. The van der Waals surface area contributed by atoms with Crippen LogP contribution in [0.2, 0.25) is 0 Å². The Labute approximate surface area is 258 Å². The van der Waals surface area contributed by atoms with E-state index in [0.29, 0.717) is 28.3 Å². The quantitative estimate of drug-likeness (QED) is 0.132. The number of hydrogen-bond acceptors (Lipinski definition) is 5. The Kier molecular flexibility index (Phi) is 9.19. The number of aryl methyl sites for hydroxylation is 1. The van der Waals surface area contributed by atoms with Crippen LogP contribution in [0, 0.1) is 6.92 Å². The summed E-state index contributed by atoms with van der Waals surface area (Å²) in [6.07, 6.45) is -3.35. The van der Waals surface area contributed by atoms with E-state index >= 15 is 0 Å². The van der Waals surface area contributed by atoms with Crippen LogP contribution in [-0.4, -0.2) is 27.1 Å². The van der Waals surface area contributed by atoms with Crippen molar-refractivity contribution in [3.63, 3.8) is 0 Å². The van der Waals surface area contributed by atoms with Gasteiger partial charge < -0.3 is 4.74 Å². The molecule has 5 aromatic rings. The Morgan fingerprint density at radius 3 is 2.29 bits per heavy atom. The van der Waals surface area contributed by atoms with E-state index in [4.69, 9.17) is 4.74 Å². The predicted molar refractivity (Wildman–Crippen MR) is 168 cm³/mol. The van der Waals surface area contributed by atoms with Crippen LogP contribution in [-0.2, 0) is 27.6 Å². The number of rotatable bonds is 10. The second-order valence-electron chi connectivity index (χ2n) is 10.2. The van der Waals surface area contributed by atoms with E-state index in [9.17, 15) is 26.4 Å². The van der Waals surface area contributed by atoms with Crippen LogP contribution in [0.1, 0.15) is 22.3 Å². The highest BCUT2D eigenvalue weighted by Crippen LogP contribution is 2.33. The smallest absolute Gasteiger partial charge is 0.416 e. The molecule has 0 spiro atoms. The standard InChI is InChI=1S/C34H28F3N3O4S/c1-24-9-17-32(18-10-24)45(42,43)40(30-8-4-7-29(20-30)34(35,36)37)22-33(41)39-38-21-25-12-15-31(16-13-25)44-23-26-11-14-27-5-2-3-6-28(27)19-26/h2-21H,22-23H2,1H3,(H,39,41)/b38-21-. The maximum absolute atomic E-state index is 13.5. The van der Waals surface area contributed by atoms with Gasteiger partial charge in [0.1, 0.15) is 18.9 Å². The normalized spacial score (nSPS) is 11.9. The fraction of sp³-hybridized carbons (Fsp3) is 0.118. The van der Waals surface area contributed by atoms with Gasteiger partial charge in [-0.15, -0.1) is 0 Å². The van der Waals surface area contributed by atoms with Gasteiger partial charge in [-0.25, -0.2) is 13.8 Å². The zero-order chi connectivity index (χ0) is 32.0. The average Bonchev–Trinajstić information content (AvgIpc) is 3.03. The molecule has 7 nitrogen and oxygen atoms in total. The van der Waals surface area contributed by atoms with E-state index in [2.05, 4.69) is 16.6 Å². The number of nitrogens with one attached hydrogen (secondary N) is 1. The molecular formula is C34H28F3N3O4S. The maximum Gasteiger partial charge on any atom is 0.416 e. The number of ether oxygens (including phenoxy) is 1. The van der Waals surface area contributed by atoms with Crippen molar-refractivity contribution in [2.75, 3.05) is 10.8 Å². The Morgan fingerprint density at radius 1 is 0.867 bits per heavy atom. The number of alkyl halides is 3. The van der Waals surface area contributed by atoms with Gasteiger partial charge in [-0.05, 0) is 89.5 Å². The first-order valence-corrected chi connectivity index (χ1v) is 15.2. The van der Waals surface area contributed by atoms with Crippen molar-refractivity contribution in [2.24, 2.45) is 5.10 Å². The number of fused-ring (bicyclic) bond motifs is 1. The Balaban J connectivity index is 1.25. The van der Waals surface area contributed by atoms with E-state index in [1.54, 1.807) is 43.3 Å². The SMILES string of the molecule is Cc1ccc(S(=O)(=O)N(CC(=O)N/N=C\c2ccc(OCc3ccc4ccccc4c3)cc2)c2cccc(C(F)(F)F)c2)cc1. The molecule has 230 valence electrons. The van der Waals surface area contributed by atoms with Crippen LogP contribution in [0.15, 0.2) is 125 Å². The molecule has 45 heavy (non-hydrogen) atoms. The molecule has 0 radical (unpaired) electrons. The molecule has 0 fully saturated rings. The zero-order valence-corrected chi connectivity index (χ0v) is 24.8. The monoisotopic (exact) mass is 631 g/mol. The highest BCUT2D eigenvalue weighted by Gasteiger charge is 2.33. The lowest BCUT2D eigenvalue weighted by Crippen LogP contribution is -2.39. The zero-order valence-electron chi connectivity index (χ0n) is 24.0. The third kappa shape index (κ3) is 7.87. The number of carbonyl (C=O) groups is 1. The molecular weight excluding hydrogens is 603 g/mol. The Bertz CT molecular complexity index is 1940. The van der Waals surface area contributed by atoms with Gasteiger partial charge in [0.15, 0.2) is 0 Å². The topological polar surface area (TPSA) is 88.1 Å². The first-order chi connectivity index (χ1) is 21.5. The summed E-state index contributed by atoms with van der Waals surface area (Å²) < 4.78 is 73.7. The van der Waals surface area contributed by atoms with Crippen molar-refractivity contribution in [1.29, 1.82) is 0 Å². The lowest BCUT2D eigenvalue weighted by Gasteiger charge is -2.24. The largest absolute Gasteiger partial charge is 0.489 e. The van der Waals surface area contributed by atoms with Crippen molar-refractivity contribution in [2.45, 2.75) is 24.6 Å². The summed E-state index contributed by atoms with van der Waals surface area (Å²) in [5.74, 6) is -0.225. The van der Waals surface area contributed by atoms with Gasteiger partial charge in [-0.1, -0.05) is 60.2 Å². The van der Waals surface area contributed by atoms with Gasteiger partial charge in [0.25, 0.3) is 15.9 Å². The molecule has 0 saturated carbocycles. The summed E-state index contributed by atoms with van der Waals surface area (Å²) >= 11 is 0. The van der Waals surface area contributed by atoms with Gasteiger partial charge in [0, 0.05) is 0 Å². The van der Waals surface area contributed by atoms with E-state index in [-0.39, 0.29) is 10.6 Å². The number of carbonyl (C=O) groups excluding carboxylic acids is 1. The first-order valence-electron chi connectivity index (χ1n) is 13.8. The minimum Gasteiger partial charge on any atom is -0.489 e. The first kappa shape index (κ1) is 31.3. The molecule has 11 heteroatoms. The number of hydrogen-bond donors (Lipinski definition) is 1. The highest BCUT2D eigenvalue weighted by atomic mass is 32.2. The second kappa shape index (κ2) is 13.2. The fourth-order valence-corrected chi connectivity index (χ4v) is 5.89. The third-order valence-corrected chi connectivity index (χ3v) is 8.65. The second-order valence-corrected chi connectivity index (χ2v) is 12.1. The number of halogens is 3. The van der Waals surface area contributed by atoms with Gasteiger partial charge in [0.2, 0.25) is 0 Å². The summed E-state index contributed by atoms with van der Waals surface area (Å²) in [5.41, 5.74) is 3.32. The molecule has 0 bridgehead atoms. The van der Waals surface area contributed by atoms with Crippen LogP contribution in [0.5, 0.6) is 5.75 Å². The minimum absolute atomic E-state index is 0.176. The molecule has 1 N–H and O–H groups in total. The van der Waals surface area contributed by atoms with Gasteiger partial charge in [0.05, 0.1) is 22.4 Å². The lowest BCUT2D eigenvalue weighted by molar-refractivity contribution is -0.137. The molecule has 0 aliphatic carbocycles. The number of sulfonamides is 1. The van der Waals surface area contributed by atoms with Crippen molar-refractivity contribution >= 4 is 38.6 Å². The van der Waals surface area contributed by atoms with Crippen LogP contribution in [0.3, 0.4) is 0 Å². The van der Waals surface area contributed by atoms with E-state index in [1.807, 2.05) is 36.4 Å². The summed E-state index contributed by atoms with van der Waals surface area (Å²) in [5, 5.41) is 6.17. The van der Waals surface area contributed by atoms with Crippen molar-refractivity contribution in [3.05, 3.63) is 138 Å². The van der Waals surface area contributed by atoms with Crippen molar-refractivity contribution in [1.82, 2.24) is 5.43 Å². The van der Waals surface area contributed by atoms with E-state index < -0.39 is 34.2 Å². The van der Waals surface area contributed by atoms with Crippen LogP contribution in [0.25, 0.3) is 10.8 Å². The minimum atomic E-state index is -4.71. The molecule has 0 aliphatic rings. The van der Waals surface area contributed by atoms with Gasteiger partial charge in [-0.2, -0.15) is 18.3 Å². The van der Waals surface area contributed by atoms with Crippen LogP contribution in [0.4, 0.5) is 18.9 Å². The molecule has 5 aromatic carbocycles. The molecule has 0 saturated heterocycles. The van der Waals surface area contributed by atoms with Crippen LogP contribution >= 0.6 is 0 Å². The van der Waals surface area contributed by atoms with Gasteiger partial charge >= 0.3 is 6.18 Å². The molecule has 1 amide bonds. The van der Waals surface area contributed by atoms with Crippen molar-refractivity contribution < 1.29 is 31.1 Å². The average molecular weight is 632 g/mol. The molecule has 0 aliphatic heterocycles. The summed E-state index contributed by atoms with van der Waals surface area (Å²) in [6.45, 7) is 1.33. The van der Waals surface area contributed by atoms with Crippen LogP contribution < -0.4 is 14.5 Å². The number of anilines is 1. The number of amides is 1. The Hall–Kier alpha value is -5.16. The predicted octanol–water partition coefficient (Wildman–Crippen LogP) is 7.09. The molecule has 0 unspecified atom stereocenters. The van der Waals surface area contributed by atoms with E-state index in [0.717, 1.165) is 34.0 Å². The summed E-state index contributed by atoms with van der Waals surface area (Å²) in [7, 11) is -4.41. The Morgan fingerprint density at radius 2 is 1.58 bits per heavy atom. The molecule has 0 atom stereocenters. The maximum atomic E-state index is 13.5. The van der Waals surface area contributed by atoms with E-state index in [1.165, 1.54) is 24.4 Å². The van der Waals surface area contributed by atoms with Crippen molar-refractivity contribution in [3.8, 4) is 5.75 Å². The lowest BCUT2D eigenvalue weighted by atomic mass is 10.1. The third-order valence-electron chi connectivity index (χ3n) is 6.86. The number of nitrogens with zero attached hydrogens (tertiary/aromatic N) is 2. The molecule has 0 aromatic heterocycles. The highest BCUT2D eigenvalue weighted by molar-refractivity contribution is 7.92. The van der Waals surface area contributed by atoms with Gasteiger partial charge in [-0.3, -0.25) is 9.10 Å². The molecule has 0 heterocycles.